The van der Waals surface area contributed by atoms with Crippen LogP contribution in [-0.4, -0.2) is 0 Å². The molecule has 0 spiro atoms. The van der Waals surface area contributed by atoms with Gasteiger partial charge in [-0.15, -0.1) is 0 Å². The summed E-state index contributed by atoms with van der Waals surface area (Å²) in [6.45, 7) is 0. The van der Waals surface area contributed by atoms with Crippen LogP contribution in [0.15, 0.2) is 156 Å². The van der Waals surface area contributed by atoms with Gasteiger partial charge in [0.1, 0.15) is 11.2 Å². The third-order valence-corrected chi connectivity index (χ3v) is 7.82. The van der Waals surface area contributed by atoms with Crippen LogP contribution in [0, 0.1) is 0 Å². The molecule has 40 heavy (non-hydrogen) atoms. The number of rotatable bonds is 4. The fourth-order valence-corrected chi connectivity index (χ4v) is 5.87. The van der Waals surface area contributed by atoms with Gasteiger partial charge in [0.2, 0.25) is 0 Å². The van der Waals surface area contributed by atoms with Crippen LogP contribution in [0.25, 0.3) is 54.6 Å². The lowest BCUT2D eigenvalue weighted by molar-refractivity contribution is 0.669. The van der Waals surface area contributed by atoms with Crippen molar-refractivity contribution in [2.75, 3.05) is 4.90 Å². The van der Waals surface area contributed by atoms with Crippen molar-refractivity contribution in [1.82, 2.24) is 0 Å². The number of para-hydroxylation sites is 2. The molecule has 0 aliphatic carbocycles. The second-order valence-electron chi connectivity index (χ2n) is 10.2. The molecule has 2 heteroatoms. The molecule has 0 radical (unpaired) electrons. The minimum atomic E-state index is 0.914. The maximum atomic E-state index is 6.20. The minimum absolute atomic E-state index is 0.914. The van der Waals surface area contributed by atoms with Crippen LogP contribution in [0.2, 0.25) is 0 Å². The highest BCUT2D eigenvalue weighted by atomic mass is 16.3. The third kappa shape index (κ3) is 3.73. The quantitative estimate of drug-likeness (QED) is 0.234. The van der Waals surface area contributed by atoms with Crippen LogP contribution in [0.3, 0.4) is 0 Å². The van der Waals surface area contributed by atoms with Crippen molar-refractivity contribution in [2.24, 2.45) is 0 Å². The van der Waals surface area contributed by atoms with E-state index in [1.54, 1.807) is 0 Å². The zero-order valence-electron chi connectivity index (χ0n) is 21.8. The van der Waals surface area contributed by atoms with E-state index in [-0.39, 0.29) is 0 Å². The summed E-state index contributed by atoms with van der Waals surface area (Å²) < 4.78 is 6.20. The Kier molecular flexibility index (Phi) is 5.17. The lowest BCUT2D eigenvalue weighted by atomic mass is 10.0. The van der Waals surface area contributed by atoms with Crippen molar-refractivity contribution in [2.45, 2.75) is 0 Å². The molecular weight excluding hydrogens is 486 g/mol. The smallest absolute Gasteiger partial charge is 0.136 e. The number of fused-ring (bicyclic) bond motifs is 6. The number of hydrogen-bond acceptors (Lipinski definition) is 2. The van der Waals surface area contributed by atoms with Crippen molar-refractivity contribution >= 4 is 60.5 Å². The average molecular weight is 512 g/mol. The van der Waals surface area contributed by atoms with Crippen LogP contribution < -0.4 is 4.90 Å². The maximum absolute atomic E-state index is 6.20. The van der Waals surface area contributed by atoms with Crippen molar-refractivity contribution in [3.63, 3.8) is 0 Å². The number of hydrogen-bond donors (Lipinski definition) is 0. The molecule has 8 rings (SSSR count). The fourth-order valence-electron chi connectivity index (χ4n) is 5.87. The van der Waals surface area contributed by atoms with Crippen LogP contribution in [-0.2, 0) is 0 Å². The lowest BCUT2D eigenvalue weighted by Gasteiger charge is -2.26. The van der Waals surface area contributed by atoms with E-state index in [9.17, 15) is 0 Å². The van der Waals surface area contributed by atoms with Crippen LogP contribution >= 0.6 is 0 Å². The Morgan fingerprint density at radius 1 is 0.375 bits per heavy atom. The zero-order valence-corrected chi connectivity index (χ0v) is 21.8. The first-order valence-electron chi connectivity index (χ1n) is 13.6. The van der Waals surface area contributed by atoms with Crippen LogP contribution in [0.5, 0.6) is 0 Å². The molecule has 0 bridgehead atoms. The van der Waals surface area contributed by atoms with Gasteiger partial charge in [0.25, 0.3) is 0 Å². The van der Waals surface area contributed by atoms with E-state index in [0.717, 1.165) is 39.0 Å². The molecule has 0 saturated heterocycles. The van der Waals surface area contributed by atoms with Gasteiger partial charge >= 0.3 is 0 Å². The Labute approximate surface area is 232 Å². The highest BCUT2D eigenvalue weighted by Crippen LogP contribution is 2.40. The SMILES string of the molecule is c1ccc(N(c2ccc(-c3ccc4ccccc4c3)cc2)c2ccc3ccc4oc5ccccc5c4c3c2)cc1. The van der Waals surface area contributed by atoms with E-state index in [2.05, 4.69) is 144 Å². The van der Waals surface area contributed by atoms with Gasteiger partial charge < -0.3 is 9.32 Å². The summed E-state index contributed by atoms with van der Waals surface area (Å²) in [5, 5.41) is 7.20. The predicted octanol–water partition coefficient (Wildman–Crippen LogP) is 11.0. The number of anilines is 3. The molecule has 2 nitrogen and oxygen atoms in total. The van der Waals surface area contributed by atoms with Gasteiger partial charge in [0.15, 0.2) is 0 Å². The molecular formula is C38H25NO. The Morgan fingerprint density at radius 3 is 1.90 bits per heavy atom. The van der Waals surface area contributed by atoms with Crippen LogP contribution in [0.1, 0.15) is 0 Å². The Balaban J connectivity index is 1.27. The van der Waals surface area contributed by atoms with E-state index < -0.39 is 0 Å². The van der Waals surface area contributed by atoms with E-state index in [1.807, 2.05) is 12.1 Å². The first-order chi connectivity index (χ1) is 19.8. The van der Waals surface area contributed by atoms with Gasteiger partial charge in [0, 0.05) is 27.8 Å². The largest absolute Gasteiger partial charge is 0.456 e. The molecule has 0 fully saturated rings. The van der Waals surface area contributed by atoms with Gasteiger partial charge in [0.05, 0.1) is 0 Å². The molecule has 1 heterocycles. The fraction of sp³-hybridized carbons (Fsp3) is 0. The summed E-state index contributed by atoms with van der Waals surface area (Å²) in [4.78, 5) is 2.32. The summed E-state index contributed by atoms with van der Waals surface area (Å²) in [5.74, 6) is 0. The predicted molar refractivity (Wildman–Crippen MR) is 169 cm³/mol. The van der Waals surface area contributed by atoms with Crippen molar-refractivity contribution in [3.05, 3.63) is 152 Å². The van der Waals surface area contributed by atoms with Crippen molar-refractivity contribution in [3.8, 4) is 11.1 Å². The number of nitrogens with zero attached hydrogens (tertiary/aromatic N) is 1. The highest BCUT2D eigenvalue weighted by Gasteiger charge is 2.16. The highest BCUT2D eigenvalue weighted by molar-refractivity contribution is 6.19. The van der Waals surface area contributed by atoms with E-state index >= 15 is 0 Å². The summed E-state index contributed by atoms with van der Waals surface area (Å²) in [6.07, 6.45) is 0. The topological polar surface area (TPSA) is 16.4 Å². The van der Waals surface area contributed by atoms with Gasteiger partial charge in [-0.2, -0.15) is 0 Å². The second kappa shape index (κ2) is 9.14. The van der Waals surface area contributed by atoms with Crippen molar-refractivity contribution in [1.29, 1.82) is 0 Å². The Bertz CT molecular complexity index is 2160. The summed E-state index contributed by atoms with van der Waals surface area (Å²) in [7, 11) is 0. The molecule has 0 amide bonds. The van der Waals surface area contributed by atoms with E-state index in [1.165, 1.54) is 32.7 Å². The second-order valence-corrected chi connectivity index (χ2v) is 10.2. The third-order valence-electron chi connectivity index (χ3n) is 7.82. The van der Waals surface area contributed by atoms with Gasteiger partial charge in [-0.3, -0.25) is 0 Å². The van der Waals surface area contributed by atoms with Crippen molar-refractivity contribution < 1.29 is 4.42 Å². The van der Waals surface area contributed by atoms with E-state index in [0.29, 0.717) is 0 Å². The molecule has 0 aliphatic heterocycles. The normalized spacial score (nSPS) is 11.5. The van der Waals surface area contributed by atoms with Gasteiger partial charge in [-0.1, -0.05) is 97.1 Å². The lowest BCUT2D eigenvalue weighted by Crippen LogP contribution is -2.09. The monoisotopic (exact) mass is 511 g/mol. The minimum Gasteiger partial charge on any atom is -0.456 e. The first kappa shape index (κ1) is 22.6. The zero-order chi connectivity index (χ0) is 26.5. The first-order valence-corrected chi connectivity index (χ1v) is 13.6. The number of benzene rings is 7. The van der Waals surface area contributed by atoms with E-state index in [4.69, 9.17) is 4.42 Å². The summed E-state index contributed by atoms with van der Waals surface area (Å²) >= 11 is 0. The molecule has 0 aliphatic rings. The summed E-state index contributed by atoms with van der Waals surface area (Å²) in [6, 6.07) is 53.9. The average Bonchev–Trinajstić information content (AvgIpc) is 3.41. The molecule has 0 N–H and O–H groups in total. The molecule has 0 unspecified atom stereocenters. The Morgan fingerprint density at radius 2 is 1.02 bits per heavy atom. The number of furan rings is 1. The van der Waals surface area contributed by atoms with Crippen LogP contribution in [0.4, 0.5) is 17.1 Å². The molecule has 7 aromatic carbocycles. The maximum Gasteiger partial charge on any atom is 0.136 e. The summed E-state index contributed by atoms with van der Waals surface area (Å²) in [5.41, 5.74) is 7.58. The molecule has 0 saturated carbocycles. The Hall–Kier alpha value is -5.34. The van der Waals surface area contributed by atoms with Gasteiger partial charge in [-0.25, -0.2) is 0 Å². The molecule has 1 aromatic heterocycles. The molecule has 0 atom stereocenters. The molecule has 8 aromatic rings. The van der Waals surface area contributed by atoms with Gasteiger partial charge in [-0.05, 0) is 87.3 Å². The standard InChI is InChI=1S/C38H25NO/c1-2-10-31(11-3-1)39(32-20-16-27(17-21-32)30-15-14-26-8-4-5-9-29(26)24-30)33-22-18-28-19-23-37-38(35(28)25-33)34-12-6-7-13-36(34)40-37/h1-25H. The molecule has 188 valence electrons.